The molecule has 0 unspecified atom stereocenters. The van der Waals surface area contributed by atoms with Gasteiger partial charge in [-0.3, -0.25) is 0 Å². The van der Waals surface area contributed by atoms with Crippen LogP contribution in [0.2, 0.25) is 0 Å². The summed E-state index contributed by atoms with van der Waals surface area (Å²) < 4.78 is 0. The lowest BCUT2D eigenvalue weighted by atomic mass is 9.91. The number of hydrogen-bond acceptors (Lipinski definition) is 3. The minimum absolute atomic E-state index is 0.941. The molecule has 0 radical (unpaired) electrons. The van der Waals surface area contributed by atoms with Gasteiger partial charge in [0.1, 0.15) is 0 Å². The Morgan fingerprint density at radius 3 is 2.43 bits per heavy atom. The van der Waals surface area contributed by atoms with Crippen molar-refractivity contribution in [1.82, 2.24) is 4.90 Å². The Kier molecular flexibility index (Phi) is 5.58. The number of thioether (sulfide) groups is 1. The summed E-state index contributed by atoms with van der Waals surface area (Å²) in [6.07, 6.45) is 10.3. The van der Waals surface area contributed by atoms with E-state index in [1.165, 1.54) is 84.0 Å². The Morgan fingerprint density at radius 2 is 1.64 bits per heavy atom. The molecule has 1 fully saturated rings. The predicted molar refractivity (Wildman–Crippen MR) is 123 cm³/mol. The van der Waals surface area contributed by atoms with Crippen molar-refractivity contribution in [2.24, 2.45) is 5.92 Å². The van der Waals surface area contributed by atoms with E-state index in [1.807, 2.05) is 23.5 Å². The Balaban J connectivity index is 1.52. The summed E-state index contributed by atoms with van der Waals surface area (Å²) >= 11 is 3.81. The zero-order chi connectivity index (χ0) is 18.9. The molecule has 3 aliphatic rings. The minimum Gasteiger partial charge on any atom is -0.302 e. The van der Waals surface area contributed by atoms with Crippen LogP contribution < -0.4 is 0 Å². The van der Waals surface area contributed by atoms with E-state index in [0.29, 0.717) is 0 Å². The lowest BCUT2D eigenvalue weighted by molar-refractivity contribution is 0.244. The van der Waals surface area contributed by atoms with Crippen LogP contribution in [0, 0.1) is 5.92 Å². The van der Waals surface area contributed by atoms with E-state index < -0.39 is 0 Å². The molecule has 0 atom stereocenters. The van der Waals surface area contributed by atoms with Crippen LogP contribution in [0.1, 0.15) is 49.7 Å². The number of rotatable bonds is 3. The molecule has 5 rings (SSSR count). The van der Waals surface area contributed by atoms with E-state index in [2.05, 4.69) is 53.6 Å². The van der Waals surface area contributed by atoms with Gasteiger partial charge in [0, 0.05) is 34.3 Å². The second-order valence-electron chi connectivity index (χ2n) is 8.37. The first-order chi connectivity index (χ1) is 13.8. The zero-order valence-corrected chi connectivity index (χ0v) is 18.4. The van der Waals surface area contributed by atoms with Gasteiger partial charge in [-0.05, 0) is 84.4 Å². The number of nitrogens with zero attached hydrogens (tertiary/aromatic N) is 1. The van der Waals surface area contributed by atoms with Crippen molar-refractivity contribution in [3.05, 3.63) is 53.6 Å². The molecule has 146 valence electrons. The second kappa shape index (κ2) is 8.30. The van der Waals surface area contributed by atoms with Crippen LogP contribution in [0.15, 0.2) is 57.2 Å². The molecule has 1 nitrogen and oxygen atoms in total. The van der Waals surface area contributed by atoms with Gasteiger partial charge in [0.25, 0.3) is 0 Å². The fourth-order valence-electron chi connectivity index (χ4n) is 5.17. The third-order valence-electron chi connectivity index (χ3n) is 6.66. The van der Waals surface area contributed by atoms with Crippen molar-refractivity contribution in [2.75, 3.05) is 25.9 Å². The first kappa shape index (κ1) is 18.8. The average molecular weight is 408 g/mol. The molecule has 1 aliphatic carbocycles. The fraction of sp³-hybridized carbons (Fsp3) is 0.440. The lowest BCUT2D eigenvalue weighted by Gasteiger charge is -2.24. The highest BCUT2D eigenvalue weighted by Crippen LogP contribution is 2.47. The quantitative estimate of drug-likeness (QED) is 0.501. The van der Waals surface area contributed by atoms with Crippen LogP contribution in [0.25, 0.3) is 11.1 Å². The molecule has 2 aromatic carbocycles. The van der Waals surface area contributed by atoms with Crippen LogP contribution in [0.3, 0.4) is 0 Å². The Labute approximate surface area is 178 Å². The summed E-state index contributed by atoms with van der Waals surface area (Å²) in [5.41, 5.74) is 6.18. The standard InChI is InChI=1S/C25H29NS2/c1-27-19-10-11-25-23(16-19)21-13-15-26(17-18-6-2-3-7-18)14-12-20(21)22-8-4-5-9-24(22)28-25/h4-5,8-11,16,18H,2-3,6-7,12-15,17H2,1H3. The van der Waals surface area contributed by atoms with Gasteiger partial charge in [-0.15, -0.1) is 11.8 Å². The SMILES string of the molecule is CSc1ccc2c(c1)C1=C(CCN(CC3CCCC3)CC1)c1ccccc1S2. The normalized spacial score (nSPS) is 20.3. The average Bonchev–Trinajstić information content (AvgIpc) is 3.09. The Morgan fingerprint density at radius 1 is 0.929 bits per heavy atom. The highest BCUT2D eigenvalue weighted by atomic mass is 32.2. The number of hydrogen-bond donors (Lipinski definition) is 0. The molecule has 2 aromatic rings. The molecule has 0 saturated heterocycles. The summed E-state index contributed by atoms with van der Waals surface area (Å²) in [6, 6.07) is 16.1. The maximum Gasteiger partial charge on any atom is 0.0198 e. The van der Waals surface area contributed by atoms with Gasteiger partial charge in [-0.25, -0.2) is 0 Å². The third kappa shape index (κ3) is 3.69. The third-order valence-corrected chi connectivity index (χ3v) is 8.53. The minimum atomic E-state index is 0.941. The van der Waals surface area contributed by atoms with E-state index >= 15 is 0 Å². The molecule has 0 bridgehead atoms. The molecule has 28 heavy (non-hydrogen) atoms. The van der Waals surface area contributed by atoms with Crippen molar-refractivity contribution in [2.45, 2.75) is 53.2 Å². The van der Waals surface area contributed by atoms with Gasteiger partial charge < -0.3 is 4.90 Å². The molecule has 0 aromatic heterocycles. The van der Waals surface area contributed by atoms with Crippen LogP contribution in [0.5, 0.6) is 0 Å². The van der Waals surface area contributed by atoms with Crippen LogP contribution >= 0.6 is 23.5 Å². The van der Waals surface area contributed by atoms with Gasteiger partial charge >= 0.3 is 0 Å². The van der Waals surface area contributed by atoms with Crippen LogP contribution in [0.4, 0.5) is 0 Å². The molecule has 0 spiro atoms. The first-order valence-electron chi connectivity index (χ1n) is 10.7. The van der Waals surface area contributed by atoms with Crippen molar-refractivity contribution >= 4 is 34.7 Å². The van der Waals surface area contributed by atoms with E-state index in [1.54, 1.807) is 11.1 Å². The Bertz CT molecular complexity index is 895. The lowest BCUT2D eigenvalue weighted by Crippen LogP contribution is -2.30. The van der Waals surface area contributed by atoms with Crippen molar-refractivity contribution in [3.8, 4) is 0 Å². The first-order valence-corrected chi connectivity index (χ1v) is 12.8. The molecular weight excluding hydrogens is 378 g/mol. The van der Waals surface area contributed by atoms with Crippen LogP contribution in [-0.4, -0.2) is 30.8 Å². The van der Waals surface area contributed by atoms with E-state index in [4.69, 9.17) is 0 Å². The fourth-order valence-corrected chi connectivity index (χ4v) is 6.73. The van der Waals surface area contributed by atoms with E-state index in [0.717, 1.165) is 5.92 Å². The largest absolute Gasteiger partial charge is 0.302 e. The molecule has 1 saturated carbocycles. The summed E-state index contributed by atoms with van der Waals surface area (Å²) in [7, 11) is 0. The van der Waals surface area contributed by atoms with Crippen LogP contribution in [-0.2, 0) is 0 Å². The predicted octanol–water partition coefficient (Wildman–Crippen LogP) is 7.07. The van der Waals surface area contributed by atoms with Crippen molar-refractivity contribution in [1.29, 1.82) is 0 Å². The monoisotopic (exact) mass is 407 g/mol. The molecule has 2 aliphatic heterocycles. The number of fused-ring (bicyclic) bond motifs is 4. The Hall–Kier alpha value is -1.16. The van der Waals surface area contributed by atoms with Crippen molar-refractivity contribution in [3.63, 3.8) is 0 Å². The number of benzene rings is 2. The van der Waals surface area contributed by atoms with E-state index in [-0.39, 0.29) is 0 Å². The van der Waals surface area contributed by atoms with Gasteiger partial charge in [-0.1, -0.05) is 42.8 Å². The highest BCUT2D eigenvalue weighted by molar-refractivity contribution is 7.99. The van der Waals surface area contributed by atoms with Gasteiger partial charge in [-0.2, -0.15) is 0 Å². The van der Waals surface area contributed by atoms with Gasteiger partial charge in [0.2, 0.25) is 0 Å². The summed E-state index contributed by atoms with van der Waals surface area (Å²) in [5, 5.41) is 0. The molecular formula is C25H29NS2. The van der Waals surface area contributed by atoms with Crippen molar-refractivity contribution < 1.29 is 0 Å². The zero-order valence-electron chi connectivity index (χ0n) is 16.7. The maximum absolute atomic E-state index is 2.76. The summed E-state index contributed by atoms with van der Waals surface area (Å²) in [5.74, 6) is 0.941. The maximum atomic E-state index is 2.76. The van der Waals surface area contributed by atoms with E-state index in [9.17, 15) is 0 Å². The van der Waals surface area contributed by atoms with Gasteiger partial charge in [0.15, 0.2) is 0 Å². The smallest absolute Gasteiger partial charge is 0.0198 e. The molecule has 0 amide bonds. The summed E-state index contributed by atoms with van der Waals surface area (Å²) in [4.78, 5) is 7.00. The molecule has 2 heterocycles. The molecule has 0 N–H and O–H groups in total. The highest BCUT2D eigenvalue weighted by Gasteiger charge is 2.27. The topological polar surface area (TPSA) is 3.24 Å². The molecule has 3 heteroatoms. The van der Waals surface area contributed by atoms with Gasteiger partial charge in [0.05, 0.1) is 0 Å². The summed E-state index contributed by atoms with van der Waals surface area (Å²) in [6.45, 7) is 3.74. The second-order valence-corrected chi connectivity index (χ2v) is 10.3.